The highest BCUT2D eigenvalue weighted by atomic mass is 16.3. The zero-order chi connectivity index (χ0) is 26.7. The van der Waals surface area contributed by atoms with Gasteiger partial charge in [-0.05, 0) is 70.2 Å². The van der Waals surface area contributed by atoms with Crippen LogP contribution in [0.25, 0.3) is 11.0 Å². The lowest BCUT2D eigenvalue weighted by Gasteiger charge is -2.29. The predicted octanol–water partition coefficient (Wildman–Crippen LogP) is 3.72. The van der Waals surface area contributed by atoms with E-state index in [1.165, 1.54) is 0 Å². The van der Waals surface area contributed by atoms with Crippen LogP contribution < -0.4 is 5.32 Å². The zero-order valence-corrected chi connectivity index (χ0v) is 21.4. The largest absolute Gasteiger partial charge is 0.508 e. The molecule has 8 nitrogen and oxygen atoms in total. The summed E-state index contributed by atoms with van der Waals surface area (Å²) in [4.78, 5) is 24.2. The molecule has 4 N–H and O–H groups in total. The monoisotopic (exact) mass is 497 g/mol. The van der Waals surface area contributed by atoms with Crippen molar-refractivity contribution in [1.29, 1.82) is 0 Å². The molecule has 1 heterocycles. The summed E-state index contributed by atoms with van der Waals surface area (Å²) in [5.41, 5.74) is 3.32. The molecule has 0 spiro atoms. The van der Waals surface area contributed by atoms with E-state index in [2.05, 4.69) is 16.8 Å². The van der Waals surface area contributed by atoms with E-state index in [4.69, 9.17) is 14.9 Å². The molecule has 2 unspecified atom stereocenters. The third-order valence-electron chi connectivity index (χ3n) is 6.95. The molecule has 36 heavy (non-hydrogen) atoms. The molecule has 4 rings (SSSR count). The first-order valence-electron chi connectivity index (χ1n) is 12.3. The summed E-state index contributed by atoms with van der Waals surface area (Å²) in [5.74, 6) is 0.969. The molecule has 0 amide bonds. The van der Waals surface area contributed by atoms with Crippen molar-refractivity contribution in [3.8, 4) is 5.75 Å². The summed E-state index contributed by atoms with van der Waals surface area (Å²) in [5, 5.41) is 32.2. The van der Waals surface area contributed by atoms with Gasteiger partial charge in [0.25, 0.3) is 0 Å². The molecule has 1 fully saturated rings. The van der Waals surface area contributed by atoms with Gasteiger partial charge in [-0.15, -0.1) is 0 Å². The molecule has 2 aromatic carbocycles. The summed E-state index contributed by atoms with van der Waals surface area (Å²) in [6.45, 7) is 4.12. The number of fused-ring (bicyclic) bond motifs is 1. The van der Waals surface area contributed by atoms with Gasteiger partial charge < -0.3 is 34.8 Å². The summed E-state index contributed by atoms with van der Waals surface area (Å²) >= 11 is 0. The number of aromatic nitrogens is 2. The number of aryl methyl sites for hydroxylation is 1. The maximum Gasteiger partial charge on any atom is 0.143 e. The van der Waals surface area contributed by atoms with Crippen molar-refractivity contribution in [1.82, 2.24) is 14.9 Å². The Bertz CT molecular complexity index is 1080. The fourth-order valence-electron chi connectivity index (χ4n) is 4.83. The van der Waals surface area contributed by atoms with Crippen LogP contribution in [0.3, 0.4) is 0 Å². The number of rotatable bonds is 8. The SMILES string of the molecule is C=O.CNC(C)CCc1c(O)ccc2c1nc(C(O)c1ccccc1)n2C1CCC(C=O)CC1.CO. The van der Waals surface area contributed by atoms with Gasteiger partial charge in [0.05, 0.1) is 11.0 Å². The van der Waals surface area contributed by atoms with E-state index in [-0.39, 0.29) is 17.7 Å². The van der Waals surface area contributed by atoms with Crippen LogP contribution in [0.1, 0.15) is 68.1 Å². The molecule has 8 heteroatoms. The second kappa shape index (κ2) is 14.5. The number of aldehydes is 1. The fourth-order valence-corrected chi connectivity index (χ4v) is 4.83. The van der Waals surface area contributed by atoms with Crippen molar-refractivity contribution in [2.75, 3.05) is 14.2 Å². The topological polar surface area (TPSA) is 125 Å². The highest BCUT2D eigenvalue weighted by molar-refractivity contribution is 5.82. The number of aliphatic hydroxyl groups excluding tert-OH is 2. The minimum absolute atomic E-state index is 0.117. The molecular formula is C28H39N3O5. The molecule has 0 aliphatic heterocycles. The van der Waals surface area contributed by atoms with Gasteiger partial charge in [0.15, 0.2) is 0 Å². The van der Waals surface area contributed by atoms with Gasteiger partial charge >= 0.3 is 0 Å². The van der Waals surface area contributed by atoms with Crippen LogP contribution in [0.5, 0.6) is 5.75 Å². The minimum Gasteiger partial charge on any atom is -0.508 e. The Labute approximate surface area is 213 Å². The molecule has 1 aliphatic carbocycles. The number of aromatic hydroxyl groups is 1. The molecular weight excluding hydrogens is 458 g/mol. The van der Waals surface area contributed by atoms with Crippen LogP contribution in [0.15, 0.2) is 42.5 Å². The van der Waals surface area contributed by atoms with Crippen molar-refractivity contribution >= 4 is 24.1 Å². The smallest absolute Gasteiger partial charge is 0.143 e. The van der Waals surface area contributed by atoms with Gasteiger partial charge in [-0.3, -0.25) is 0 Å². The molecule has 1 aromatic heterocycles. The maximum atomic E-state index is 11.3. The van der Waals surface area contributed by atoms with Crippen molar-refractivity contribution in [3.63, 3.8) is 0 Å². The first-order valence-corrected chi connectivity index (χ1v) is 12.3. The Morgan fingerprint density at radius 2 is 1.75 bits per heavy atom. The second-order valence-corrected chi connectivity index (χ2v) is 9.02. The number of hydrogen-bond donors (Lipinski definition) is 4. The number of hydrogen-bond acceptors (Lipinski definition) is 7. The number of phenols is 1. The number of nitrogens with zero attached hydrogens (tertiary/aromatic N) is 2. The number of aliphatic hydroxyl groups is 2. The van der Waals surface area contributed by atoms with Crippen LogP contribution in [0.2, 0.25) is 0 Å². The lowest BCUT2D eigenvalue weighted by atomic mass is 9.86. The summed E-state index contributed by atoms with van der Waals surface area (Å²) in [6, 6.07) is 13.7. The van der Waals surface area contributed by atoms with Crippen LogP contribution in [-0.2, 0) is 16.0 Å². The normalized spacial score (nSPS) is 18.8. The van der Waals surface area contributed by atoms with Crippen molar-refractivity contribution < 1.29 is 24.9 Å². The van der Waals surface area contributed by atoms with E-state index in [9.17, 15) is 15.0 Å². The van der Waals surface area contributed by atoms with E-state index >= 15 is 0 Å². The minimum atomic E-state index is -0.862. The van der Waals surface area contributed by atoms with Crippen molar-refractivity contribution in [2.24, 2.45) is 5.92 Å². The summed E-state index contributed by atoms with van der Waals surface area (Å²) in [7, 11) is 2.93. The quantitative estimate of drug-likeness (QED) is 0.350. The standard InChI is InChI=1S/C26H33N3O3.CH4O.CH2O/c1-17(27-2)8-13-21-23(31)15-14-22-24(21)28-26(25(32)19-6-4-3-5-7-19)29(22)20-11-9-18(16-30)10-12-20;2*1-2/h3-7,14-18,20,25,27,31-32H,8-13H2,1-2H3;2H,1H3;1H2. The van der Waals surface area contributed by atoms with Gasteiger partial charge in [0, 0.05) is 30.7 Å². The maximum absolute atomic E-state index is 11.3. The number of phenolic OH excluding ortho intramolecular Hbond substituents is 1. The van der Waals surface area contributed by atoms with Gasteiger partial charge in [0.2, 0.25) is 0 Å². The van der Waals surface area contributed by atoms with Crippen molar-refractivity contribution in [2.45, 2.75) is 63.6 Å². The number of carbonyl (C=O) groups excluding carboxylic acids is 2. The Balaban J connectivity index is 0.00000109. The molecule has 196 valence electrons. The van der Waals surface area contributed by atoms with Gasteiger partial charge in [-0.2, -0.15) is 0 Å². The lowest BCUT2D eigenvalue weighted by Crippen LogP contribution is -2.22. The third-order valence-corrected chi connectivity index (χ3v) is 6.95. The molecule has 1 aliphatic rings. The highest BCUT2D eigenvalue weighted by Crippen LogP contribution is 2.39. The van der Waals surface area contributed by atoms with Gasteiger partial charge in [-0.1, -0.05) is 30.3 Å². The summed E-state index contributed by atoms with van der Waals surface area (Å²) in [6.07, 6.45) is 5.21. The van der Waals surface area contributed by atoms with E-state index in [0.717, 1.165) is 67.7 Å². The Kier molecular flexibility index (Phi) is 11.7. The Hall–Kier alpha value is -3.07. The van der Waals surface area contributed by atoms with Crippen molar-refractivity contribution in [3.05, 3.63) is 59.4 Å². The van der Waals surface area contributed by atoms with Gasteiger partial charge in [-0.25, -0.2) is 4.98 Å². The van der Waals surface area contributed by atoms with Crippen LogP contribution in [-0.4, -0.2) is 58.1 Å². The zero-order valence-electron chi connectivity index (χ0n) is 21.4. The third kappa shape index (κ3) is 6.57. The Morgan fingerprint density at radius 1 is 1.11 bits per heavy atom. The average molecular weight is 498 g/mol. The summed E-state index contributed by atoms with van der Waals surface area (Å²) < 4.78 is 2.17. The molecule has 0 radical (unpaired) electrons. The lowest BCUT2D eigenvalue weighted by molar-refractivity contribution is -0.112. The fraction of sp³-hybridized carbons (Fsp3) is 0.464. The van der Waals surface area contributed by atoms with E-state index < -0.39 is 6.10 Å². The van der Waals surface area contributed by atoms with Crippen LogP contribution in [0.4, 0.5) is 0 Å². The first-order chi connectivity index (χ1) is 17.5. The molecule has 0 saturated heterocycles. The van der Waals surface area contributed by atoms with Crippen LogP contribution >= 0.6 is 0 Å². The van der Waals surface area contributed by atoms with Crippen LogP contribution in [0, 0.1) is 5.92 Å². The first kappa shape index (κ1) is 29.2. The second-order valence-electron chi connectivity index (χ2n) is 9.02. The van der Waals surface area contributed by atoms with E-state index in [1.807, 2.05) is 50.2 Å². The highest BCUT2D eigenvalue weighted by Gasteiger charge is 2.29. The van der Waals surface area contributed by atoms with E-state index in [0.29, 0.717) is 18.3 Å². The Morgan fingerprint density at radius 3 is 2.33 bits per heavy atom. The van der Waals surface area contributed by atoms with E-state index in [1.54, 1.807) is 6.07 Å². The number of nitrogens with one attached hydrogen (secondary N) is 1. The number of imidazole rings is 1. The predicted molar refractivity (Wildman–Crippen MR) is 141 cm³/mol. The number of benzene rings is 2. The molecule has 3 aromatic rings. The number of carbonyl (C=O) groups is 2. The van der Waals surface area contributed by atoms with Gasteiger partial charge in [0.1, 0.15) is 30.8 Å². The molecule has 0 bridgehead atoms. The average Bonchev–Trinajstić information content (AvgIpc) is 3.34. The molecule has 2 atom stereocenters. The molecule has 1 saturated carbocycles.